The van der Waals surface area contributed by atoms with Crippen LogP contribution in [0.4, 0.5) is 0 Å². The zero-order valence-electron chi connectivity index (χ0n) is 13.1. The fraction of sp³-hybridized carbons (Fsp3) is 0.188. The predicted octanol–water partition coefficient (Wildman–Crippen LogP) is 0.864. The molecule has 0 spiro atoms. The molecule has 1 saturated heterocycles. The predicted molar refractivity (Wildman–Crippen MR) is 96.2 cm³/mol. The third-order valence-electron chi connectivity index (χ3n) is 2.97. The van der Waals surface area contributed by atoms with Crippen molar-refractivity contribution in [2.24, 2.45) is 10.2 Å². The van der Waals surface area contributed by atoms with E-state index in [0.29, 0.717) is 5.17 Å². The third-order valence-corrected chi connectivity index (χ3v) is 4.05. The smallest absolute Gasteiger partial charge is 0.322 e. The van der Waals surface area contributed by atoms with Crippen molar-refractivity contribution >= 4 is 47.0 Å². The van der Waals surface area contributed by atoms with Gasteiger partial charge in [0.15, 0.2) is 5.17 Å². The van der Waals surface area contributed by atoms with E-state index in [9.17, 15) is 14.4 Å². The van der Waals surface area contributed by atoms with Gasteiger partial charge in [-0.25, -0.2) is 0 Å². The monoisotopic (exact) mass is 360 g/mol. The van der Waals surface area contributed by atoms with Crippen LogP contribution in [0.5, 0.6) is 0 Å². The van der Waals surface area contributed by atoms with Crippen LogP contribution in [-0.4, -0.2) is 46.1 Å². The molecule has 0 saturated carbocycles. The van der Waals surface area contributed by atoms with Crippen molar-refractivity contribution in [2.75, 3.05) is 6.54 Å². The van der Waals surface area contributed by atoms with Crippen LogP contribution in [0.15, 0.2) is 46.6 Å². The highest BCUT2D eigenvalue weighted by Gasteiger charge is 2.32. The number of rotatable bonds is 7. The zero-order valence-corrected chi connectivity index (χ0v) is 13.9. The average Bonchev–Trinajstić information content (AvgIpc) is 2.93. The van der Waals surface area contributed by atoms with Crippen LogP contribution in [0.2, 0.25) is 0 Å². The fourth-order valence-corrected chi connectivity index (χ4v) is 2.77. The normalized spacial score (nSPS) is 18.8. The quantitative estimate of drug-likeness (QED) is 0.492. The molecule has 1 atom stereocenters. The molecule has 0 aliphatic carbocycles. The zero-order chi connectivity index (χ0) is 18.1. The summed E-state index contributed by atoms with van der Waals surface area (Å²) in [5.74, 6) is -2.01. The molecular formula is C16H16N4O4S. The van der Waals surface area contributed by atoms with E-state index in [2.05, 4.69) is 20.8 Å². The van der Waals surface area contributed by atoms with Crippen molar-refractivity contribution < 1.29 is 19.5 Å². The van der Waals surface area contributed by atoms with E-state index in [-0.39, 0.29) is 12.3 Å². The number of amidine groups is 1. The highest BCUT2D eigenvalue weighted by molar-refractivity contribution is 8.15. The molecule has 0 unspecified atom stereocenters. The molecule has 0 radical (unpaired) electrons. The SMILES string of the molecule is O=C(O)CNC(=O)C[C@@H]1S\C(=N/N=C\C=C\c2ccccc2)NC1=O. The van der Waals surface area contributed by atoms with Gasteiger partial charge >= 0.3 is 5.97 Å². The molecule has 1 aromatic carbocycles. The summed E-state index contributed by atoms with van der Waals surface area (Å²) in [5, 5.41) is 20.6. The second kappa shape index (κ2) is 9.38. The number of thioether (sulfide) groups is 1. The minimum atomic E-state index is -1.14. The standard InChI is InChI=1S/C16H16N4O4S/c21-13(17-10-14(22)23)9-12-15(24)19-16(25-12)20-18-8-4-7-11-5-2-1-3-6-11/h1-8,12H,9-10H2,(H,17,21)(H,22,23)(H,19,20,24)/b7-4+,18-8-/t12-/m0/s1. The number of benzene rings is 1. The van der Waals surface area contributed by atoms with Crippen LogP contribution in [-0.2, 0) is 14.4 Å². The number of nitrogens with zero attached hydrogens (tertiary/aromatic N) is 2. The van der Waals surface area contributed by atoms with Crippen LogP contribution in [0.1, 0.15) is 12.0 Å². The molecular weight excluding hydrogens is 344 g/mol. The van der Waals surface area contributed by atoms with Gasteiger partial charge in [-0.3, -0.25) is 14.4 Å². The van der Waals surface area contributed by atoms with Gasteiger partial charge in [-0.2, -0.15) is 5.10 Å². The van der Waals surface area contributed by atoms with Crippen molar-refractivity contribution in [3.8, 4) is 0 Å². The maximum Gasteiger partial charge on any atom is 0.322 e. The van der Waals surface area contributed by atoms with E-state index in [1.165, 1.54) is 6.21 Å². The molecule has 1 aliphatic heterocycles. The molecule has 25 heavy (non-hydrogen) atoms. The number of aliphatic carboxylic acids is 1. The van der Waals surface area contributed by atoms with E-state index in [1.807, 2.05) is 36.4 Å². The number of allylic oxidation sites excluding steroid dienone is 1. The number of hydrogen-bond acceptors (Lipinski definition) is 6. The van der Waals surface area contributed by atoms with Crippen LogP contribution >= 0.6 is 11.8 Å². The maximum absolute atomic E-state index is 11.8. The highest BCUT2D eigenvalue weighted by atomic mass is 32.2. The number of nitrogens with one attached hydrogen (secondary N) is 2. The molecule has 1 fully saturated rings. The van der Waals surface area contributed by atoms with E-state index in [0.717, 1.165) is 17.3 Å². The molecule has 0 bridgehead atoms. The van der Waals surface area contributed by atoms with Gasteiger partial charge in [0, 0.05) is 12.6 Å². The molecule has 1 heterocycles. The Bertz CT molecular complexity index is 731. The van der Waals surface area contributed by atoms with Crippen molar-refractivity contribution in [3.63, 3.8) is 0 Å². The number of carboxylic acid groups (broad SMARTS) is 1. The number of carbonyl (C=O) groups is 3. The largest absolute Gasteiger partial charge is 0.480 e. The first-order valence-corrected chi connectivity index (χ1v) is 8.21. The van der Waals surface area contributed by atoms with Crippen LogP contribution in [0.3, 0.4) is 0 Å². The lowest BCUT2D eigenvalue weighted by molar-refractivity contribution is -0.137. The molecule has 2 rings (SSSR count). The third kappa shape index (κ3) is 6.60. The number of hydrogen-bond donors (Lipinski definition) is 3. The Labute approximate surface area is 148 Å². The number of amides is 2. The number of carboxylic acids is 1. The van der Waals surface area contributed by atoms with Gasteiger partial charge < -0.3 is 15.7 Å². The van der Waals surface area contributed by atoms with Crippen molar-refractivity contribution in [2.45, 2.75) is 11.7 Å². The van der Waals surface area contributed by atoms with Crippen LogP contribution in [0, 0.1) is 0 Å². The summed E-state index contributed by atoms with van der Waals surface area (Å²) >= 11 is 1.08. The first-order valence-electron chi connectivity index (χ1n) is 7.33. The van der Waals surface area contributed by atoms with E-state index in [1.54, 1.807) is 6.08 Å². The van der Waals surface area contributed by atoms with Crippen molar-refractivity contribution in [3.05, 3.63) is 42.0 Å². The summed E-state index contributed by atoms with van der Waals surface area (Å²) < 4.78 is 0. The second-order valence-corrected chi connectivity index (χ2v) is 6.10. The van der Waals surface area contributed by atoms with Gasteiger partial charge in [0.05, 0.1) is 0 Å². The first-order chi connectivity index (χ1) is 12.0. The lowest BCUT2D eigenvalue weighted by atomic mass is 10.2. The molecule has 1 aromatic rings. The second-order valence-electron chi connectivity index (χ2n) is 4.91. The Hall–Kier alpha value is -2.94. The average molecular weight is 360 g/mol. The summed E-state index contributed by atoms with van der Waals surface area (Å²) in [6, 6.07) is 9.67. The van der Waals surface area contributed by atoms with Gasteiger partial charge in [-0.15, -0.1) is 5.10 Å². The maximum atomic E-state index is 11.8. The van der Waals surface area contributed by atoms with Crippen LogP contribution in [0.25, 0.3) is 6.08 Å². The summed E-state index contributed by atoms with van der Waals surface area (Å²) in [6.45, 7) is -0.475. The Morgan fingerprint density at radius 2 is 2.08 bits per heavy atom. The summed E-state index contributed by atoms with van der Waals surface area (Å²) in [7, 11) is 0. The highest BCUT2D eigenvalue weighted by Crippen LogP contribution is 2.22. The Balaban J connectivity index is 1.81. The van der Waals surface area contributed by atoms with Crippen molar-refractivity contribution in [1.82, 2.24) is 10.6 Å². The van der Waals surface area contributed by atoms with Gasteiger partial charge in [0.2, 0.25) is 11.8 Å². The van der Waals surface area contributed by atoms with E-state index < -0.39 is 23.7 Å². The van der Waals surface area contributed by atoms with Gasteiger partial charge in [-0.05, 0) is 11.6 Å². The van der Waals surface area contributed by atoms with Gasteiger partial charge in [0.25, 0.3) is 0 Å². The molecule has 2 amide bonds. The molecule has 9 heteroatoms. The first kappa shape index (κ1) is 18.4. The minimum Gasteiger partial charge on any atom is -0.480 e. The Morgan fingerprint density at radius 3 is 2.80 bits per heavy atom. The summed E-state index contributed by atoms with van der Waals surface area (Å²) in [4.78, 5) is 33.7. The lowest BCUT2D eigenvalue weighted by Crippen LogP contribution is -2.33. The Morgan fingerprint density at radius 1 is 1.32 bits per heavy atom. The van der Waals surface area contributed by atoms with E-state index in [4.69, 9.17) is 5.11 Å². The van der Waals surface area contributed by atoms with E-state index >= 15 is 0 Å². The van der Waals surface area contributed by atoms with Gasteiger partial charge in [-0.1, -0.05) is 48.2 Å². The molecule has 8 nitrogen and oxygen atoms in total. The lowest BCUT2D eigenvalue weighted by Gasteiger charge is -2.04. The summed E-state index contributed by atoms with van der Waals surface area (Å²) in [6.07, 6.45) is 4.94. The van der Waals surface area contributed by atoms with Crippen molar-refractivity contribution in [1.29, 1.82) is 0 Å². The minimum absolute atomic E-state index is 0.125. The van der Waals surface area contributed by atoms with Crippen LogP contribution < -0.4 is 10.6 Å². The summed E-state index contributed by atoms with van der Waals surface area (Å²) in [5.41, 5.74) is 1.03. The van der Waals surface area contributed by atoms with Gasteiger partial charge in [0.1, 0.15) is 11.8 Å². The molecule has 1 aliphatic rings. The number of carbonyl (C=O) groups excluding carboxylic acids is 2. The molecule has 3 N–H and O–H groups in total. The fourth-order valence-electron chi connectivity index (χ4n) is 1.84. The molecule has 0 aromatic heterocycles. The topological polar surface area (TPSA) is 120 Å². The Kier molecular flexibility index (Phi) is 6.90. The molecule has 130 valence electrons.